The van der Waals surface area contributed by atoms with Crippen molar-refractivity contribution in [2.45, 2.75) is 45.6 Å². The topological polar surface area (TPSA) is 59.8 Å². The summed E-state index contributed by atoms with van der Waals surface area (Å²) in [6, 6.07) is 1.70. The molecule has 0 unspecified atom stereocenters. The van der Waals surface area contributed by atoms with Gasteiger partial charge in [0.05, 0.1) is 13.7 Å². The van der Waals surface area contributed by atoms with Crippen molar-refractivity contribution in [3.05, 3.63) is 23.2 Å². The van der Waals surface area contributed by atoms with Crippen molar-refractivity contribution in [2.75, 3.05) is 14.2 Å². The van der Waals surface area contributed by atoms with Crippen molar-refractivity contribution < 1.29 is 18.7 Å². The summed E-state index contributed by atoms with van der Waals surface area (Å²) in [5.74, 6) is 4.11. The molecule has 1 heterocycles. The van der Waals surface area contributed by atoms with Crippen LogP contribution in [0.2, 0.25) is 0 Å². The zero-order valence-corrected chi connectivity index (χ0v) is 15.3. The summed E-state index contributed by atoms with van der Waals surface area (Å²) in [4.78, 5) is 26.6. The van der Waals surface area contributed by atoms with Gasteiger partial charge in [0, 0.05) is 13.0 Å². The van der Waals surface area contributed by atoms with E-state index in [1.54, 1.807) is 17.9 Å². The highest BCUT2D eigenvalue weighted by Crippen LogP contribution is 2.56. The maximum Gasteiger partial charge on any atom is 0.341 e. The fourth-order valence-corrected chi connectivity index (χ4v) is 5.83. The number of aryl methyl sites for hydroxylation is 1. The average molecular weight is 345 g/mol. The van der Waals surface area contributed by atoms with Gasteiger partial charge in [-0.05, 0) is 68.8 Å². The van der Waals surface area contributed by atoms with Crippen molar-refractivity contribution >= 4 is 11.9 Å². The molecule has 1 amide bonds. The van der Waals surface area contributed by atoms with Crippen molar-refractivity contribution in [2.24, 2.45) is 29.6 Å². The Morgan fingerprint density at radius 2 is 1.76 bits per heavy atom. The zero-order chi connectivity index (χ0) is 17.7. The molecule has 136 valence electrons. The molecule has 4 bridgehead atoms. The Morgan fingerprint density at radius 1 is 1.16 bits per heavy atom. The quantitative estimate of drug-likeness (QED) is 0.785. The van der Waals surface area contributed by atoms with Gasteiger partial charge in [0.1, 0.15) is 17.1 Å². The van der Waals surface area contributed by atoms with Crippen molar-refractivity contribution in [1.82, 2.24) is 4.90 Å². The molecule has 0 atom stereocenters. The second-order valence-electron chi connectivity index (χ2n) is 8.32. The normalized spacial score (nSPS) is 32.7. The molecule has 5 rings (SSSR count). The molecule has 4 saturated carbocycles. The molecule has 4 fully saturated rings. The first-order valence-corrected chi connectivity index (χ1v) is 9.38. The zero-order valence-electron chi connectivity index (χ0n) is 15.3. The molecule has 0 spiro atoms. The highest BCUT2D eigenvalue weighted by molar-refractivity contribution is 5.90. The Balaban J connectivity index is 1.45. The van der Waals surface area contributed by atoms with Gasteiger partial charge < -0.3 is 14.1 Å². The Hall–Kier alpha value is -1.78. The largest absolute Gasteiger partial charge is 0.465 e. The number of amides is 1. The highest BCUT2D eigenvalue weighted by Gasteiger charge is 2.51. The third-order valence-corrected chi connectivity index (χ3v) is 6.66. The molecule has 1 aromatic heterocycles. The molecule has 0 N–H and O–H groups in total. The number of carbonyl (C=O) groups excluding carboxylic acids is 2. The number of hydrogen-bond acceptors (Lipinski definition) is 4. The molecule has 4 aliphatic rings. The van der Waals surface area contributed by atoms with Crippen molar-refractivity contribution in [3.63, 3.8) is 0 Å². The van der Waals surface area contributed by atoms with Crippen LogP contribution in [0.4, 0.5) is 0 Å². The lowest BCUT2D eigenvalue weighted by Crippen LogP contribution is -2.51. The standard InChI is InChI=1S/C20H27NO4/c1-11-17(20(23)24-3)9-16(25-11)10-21(2)19(22)18-14-5-12-4-13(7-14)8-15(18)6-12/h9,12-15,18H,4-8,10H2,1-3H3. The Kier molecular flexibility index (Phi) is 4.13. The fourth-order valence-electron chi connectivity index (χ4n) is 5.83. The molecule has 0 saturated heterocycles. The number of carbonyl (C=O) groups is 2. The monoisotopic (exact) mass is 345 g/mol. The van der Waals surface area contributed by atoms with E-state index < -0.39 is 5.97 Å². The summed E-state index contributed by atoms with van der Waals surface area (Å²) >= 11 is 0. The van der Waals surface area contributed by atoms with Crippen LogP contribution in [0.5, 0.6) is 0 Å². The first-order chi connectivity index (χ1) is 12.0. The van der Waals surface area contributed by atoms with Crippen LogP contribution in [0, 0.1) is 36.5 Å². The fraction of sp³-hybridized carbons (Fsp3) is 0.700. The van der Waals surface area contributed by atoms with E-state index in [1.807, 2.05) is 7.05 Å². The first-order valence-electron chi connectivity index (χ1n) is 9.38. The van der Waals surface area contributed by atoms with Crippen molar-refractivity contribution in [3.8, 4) is 0 Å². The Labute approximate surface area is 148 Å². The van der Waals surface area contributed by atoms with Gasteiger partial charge in [0.15, 0.2) is 0 Å². The van der Waals surface area contributed by atoms with E-state index in [-0.39, 0.29) is 11.8 Å². The van der Waals surface area contributed by atoms with E-state index in [9.17, 15) is 9.59 Å². The van der Waals surface area contributed by atoms with Gasteiger partial charge in [0.2, 0.25) is 5.91 Å². The van der Waals surface area contributed by atoms with Gasteiger partial charge in [-0.25, -0.2) is 4.79 Å². The molecular formula is C20H27NO4. The lowest BCUT2D eigenvalue weighted by atomic mass is 9.51. The number of furan rings is 1. The minimum absolute atomic E-state index is 0.189. The van der Waals surface area contributed by atoms with Crippen LogP contribution < -0.4 is 0 Å². The minimum atomic E-state index is -0.400. The summed E-state index contributed by atoms with van der Waals surface area (Å²) in [6.45, 7) is 2.15. The molecule has 0 radical (unpaired) electrons. The van der Waals surface area contributed by atoms with Gasteiger partial charge in [-0.1, -0.05) is 0 Å². The molecule has 4 aliphatic carbocycles. The van der Waals surface area contributed by atoms with Gasteiger partial charge >= 0.3 is 5.97 Å². The number of methoxy groups -OCH3 is 1. The molecule has 5 heteroatoms. The van der Waals surface area contributed by atoms with Gasteiger partial charge in [0.25, 0.3) is 0 Å². The van der Waals surface area contributed by atoms with Crippen LogP contribution in [0.25, 0.3) is 0 Å². The number of nitrogens with zero attached hydrogens (tertiary/aromatic N) is 1. The molecule has 1 aromatic rings. The maximum atomic E-state index is 13.1. The maximum absolute atomic E-state index is 13.1. The Bertz CT molecular complexity index is 664. The average Bonchev–Trinajstić information content (AvgIpc) is 2.93. The lowest BCUT2D eigenvalue weighted by molar-refractivity contribution is -0.148. The lowest BCUT2D eigenvalue weighted by Gasteiger charge is -2.54. The molecule has 5 nitrogen and oxygen atoms in total. The summed E-state index contributed by atoms with van der Waals surface area (Å²) in [7, 11) is 3.21. The van der Waals surface area contributed by atoms with Crippen LogP contribution in [0.15, 0.2) is 10.5 Å². The number of rotatable bonds is 4. The molecule has 0 aromatic carbocycles. The second kappa shape index (κ2) is 6.19. The molecular weight excluding hydrogens is 318 g/mol. The van der Waals surface area contributed by atoms with E-state index in [0.29, 0.717) is 35.5 Å². The summed E-state index contributed by atoms with van der Waals surface area (Å²) in [5.41, 5.74) is 0.438. The number of hydrogen-bond donors (Lipinski definition) is 0. The third-order valence-electron chi connectivity index (χ3n) is 6.66. The van der Waals surface area contributed by atoms with Gasteiger partial charge in [-0.15, -0.1) is 0 Å². The second-order valence-corrected chi connectivity index (χ2v) is 8.32. The first kappa shape index (κ1) is 16.7. The smallest absolute Gasteiger partial charge is 0.341 e. The summed E-state index contributed by atoms with van der Waals surface area (Å²) < 4.78 is 10.4. The summed E-state index contributed by atoms with van der Waals surface area (Å²) in [5, 5.41) is 0. The van der Waals surface area contributed by atoms with Crippen LogP contribution in [0.1, 0.15) is 54.0 Å². The van der Waals surface area contributed by atoms with Crippen molar-refractivity contribution in [1.29, 1.82) is 0 Å². The minimum Gasteiger partial charge on any atom is -0.465 e. The van der Waals surface area contributed by atoms with Gasteiger partial charge in [-0.3, -0.25) is 4.79 Å². The van der Waals surface area contributed by atoms with E-state index in [0.717, 1.165) is 11.8 Å². The predicted molar refractivity (Wildman–Crippen MR) is 91.8 cm³/mol. The predicted octanol–water partition coefficient (Wildman–Crippen LogP) is 3.41. The van der Waals surface area contributed by atoms with E-state index in [1.165, 1.54) is 39.2 Å². The molecule has 0 aliphatic heterocycles. The Morgan fingerprint density at radius 3 is 2.32 bits per heavy atom. The van der Waals surface area contributed by atoms with Crippen LogP contribution >= 0.6 is 0 Å². The van der Waals surface area contributed by atoms with E-state index in [2.05, 4.69) is 0 Å². The number of ether oxygens (including phenoxy) is 1. The van der Waals surface area contributed by atoms with Crippen LogP contribution in [0.3, 0.4) is 0 Å². The molecule has 25 heavy (non-hydrogen) atoms. The SMILES string of the molecule is COC(=O)c1cc(CN(C)C(=O)C2C3CC4CC(C3)CC2C4)oc1C. The van der Waals surface area contributed by atoms with Gasteiger partial charge in [-0.2, -0.15) is 0 Å². The van der Waals surface area contributed by atoms with Crippen LogP contribution in [-0.2, 0) is 16.1 Å². The summed E-state index contributed by atoms with van der Waals surface area (Å²) in [6.07, 6.45) is 6.35. The third kappa shape index (κ3) is 2.87. The van der Waals surface area contributed by atoms with Crippen LogP contribution in [-0.4, -0.2) is 30.9 Å². The van der Waals surface area contributed by atoms with E-state index in [4.69, 9.17) is 9.15 Å². The highest BCUT2D eigenvalue weighted by atomic mass is 16.5. The van der Waals surface area contributed by atoms with E-state index >= 15 is 0 Å². The number of esters is 1.